The van der Waals surface area contributed by atoms with Gasteiger partial charge < -0.3 is 0 Å². The van der Waals surface area contributed by atoms with Crippen molar-refractivity contribution in [2.24, 2.45) is 5.41 Å². The van der Waals surface area contributed by atoms with E-state index in [9.17, 15) is 9.59 Å². The zero-order valence-electron chi connectivity index (χ0n) is 18.1. The molecule has 0 aromatic heterocycles. The molecule has 5 rings (SSSR count). The number of hydrogen-bond donors (Lipinski definition) is 0. The van der Waals surface area contributed by atoms with Gasteiger partial charge in [-0.1, -0.05) is 87.5 Å². The number of benzene rings is 3. The minimum atomic E-state index is 0.0959. The lowest BCUT2D eigenvalue weighted by molar-refractivity contribution is 0.101. The Bertz CT molecular complexity index is 1220. The lowest BCUT2D eigenvalue weighted by Gasteiger charge is -2.33. The lowest BCUT2D eigenvalue weighted by Crippen LogP contribution is -2.24. The topological polar surface area (TPSA) is 34.1 Å². The van der Waals surface area contributed by atoms with E-state index in [4.69, 9.17) is 0 Å². The van der Waals surface area contributed by atoms with Crippen LogP contribution in [-0.4, -0.2) is 22.2 Å². The molecule has 3 aromatic rings. The Morgan fingerprint density at radius 3 is 2.19 bits per heavy atom. The van der Waals surface area contributed by atoms with Gasteiger partial charge in [-0.25, -0.2) is 0 Å². The van der Waals surface area contributed by atoms with Crippen LogP contribution in [0.5, 0.6) is 0 Å². The zero-order valence-corrected chi connectivity index (χ0v) is 21.2. The molecular formula is C28H26Br2O2. The second-order valence-corrected chi connectivity index (χ2v) is 10.5. The third-order valence-corrected chi connectivity index (χ3v) is 8.48. The van der Waals surface area contributed by atoms with Gasteiger partial charge in [0.15, 0.2) is 11.6 Å². The van der Waals surface area contributed by atoms with Crippen LogP contribution < -0.4 is 0 Å². The number of hydrogen-bond acceptors (Lipinski definition) is 2. The molecule has 1 saturated carbocycles. The minimum absolute atomic E-state index is 0.0959. The Morgan fingerprint density at radius 1 is 0.750 bits per heavy atom. The van der Waals surface area contributed by atoms with Gasteiger partial charge in [-0.3, -0.25) is 9.59 Å². The summed E-state index contributed by atoms with van der Waals surface area (Å²) in [5, 5.41) is 2.92. The number of alkyl halides is 2. The van der Waals surface area contributed by atoms with E-state index in [0.717, 1.165) is 34.7 Å². The average Bonchev–Trinajstić information content (AvgIpc) is 3.20. The van der Waals surface area contributed by atoms with Gasteiger partial charge in [-0.2, -0.15) is 0 Å². The Labute approximate surface area is 206 Å². The lowest BCUT2D eigenvalue weighted by atomic mass is 9.72. The molecule has 2 aliphatic rings. The number of halogens is 2. The fraction of sp³-hybridized carbons (Fsp3) is 0.357. The molecule has 0 bridgehead atoms. The van der Waals surface area contributed by atoms with E-state index in [1.807, 2.05) is 24.3 Å². The van der Waals surface area contributed by atoms with E-state index in [1.54, 1.807) is 0 Å². The smallest absolute Gasteiger partial charge is 0.173 e. The molecule has 0 radical (unpaired) electrons. The van der Waals surface area contributed by atoms with Crippen LogP contribution in [0, 0.1) is 5.41 Å². The quantitative estimate of drug-likeness (QED) is 0.239. The first-order valence-electron chi connectivity index (χ1n) is 11.4. The van der Waals surface area contributed by atoms with Crippen molar-refractivity contribution in [2.75, 3.05) is 10.7 Å². The summed E-state index contributed by atoms with van der Waals surface area (Å²) < 4.78 is 0. The molecule has 164 valence electrons. The maximum absolute atomic E-state index is 12.7. The van der Waals surface area contributed by atoms with Crippen molar-refractivity contribution in [3.05, 3.63) is 70.8 Å². The second kappa shape index (κ2) is 8.87. The van der Waals surface area contributed by atoms with Gasteiger partial charge in [0.2, 0.25) is 0 Å². The van der Waals surface area contributed by atoms with Gasteiger partial charge in [-0.05, 0) is 76.3 Å². The van der Waals surface area contributed by atoms with Crippen LogP contribution in [0.1, 0.15) is 63.9 Å². The van der Waals surface area contributed by atoms with Crippen molar-refractivity contribution in [2.45, 2.75) is 44.9 Å². The highest BCUT2D eigenvalue weighted by Crippen LogP contribution is 2.50. The summed E-state index contributed by atoms with van der Waals surface area (Å²) in [5.41, 5.74) is 7.09. The Balaban J connectivity index is 1.60. The van der Waals surface area contributed by atoms with Crippen molar-refractivity contribution in [1.29, 1.82) is 0 Å². The van der Waals surface area contributed by atoms with Gasteiger partial charge in [0.05, 0.1) is 10.7 Å². The van der Waals surface area contributed by atoms with E-state index in [-0.39, 0.29) is 11.6 Å². The molecule has 1 spiro atoms. The summed E-state index contributed by atoms with van der Waals surface area (Å²) in [7, 11) is 0. The number of ketones is 2. The summed E-state index contributed by atoms with van der Waals surface area (Å²) in [5.74, 6) is 0.279. The van der Waals surface area contributed by atoms with Gasteiger partial charge in [0.25, 0.3) is 0 Å². The molecule has 0 heterocycles. The molecule has 2 aliphatic carbocycles. The average molecular weight is 554 g/mol. The summed E-state index contributed by atoms with van der Waals surface area (Å²) in [4.78, 5) is 24.8. The summed E-state index contributed by atoms with van der Waals surface area (Å²) >= 11 is 6.64. The van der Waals surface area contributed by atoms with Crippen molar-refractivity contribution in [1.82, 2.24) is 0 Å². The predicted molar refractivity (Wildman–Crippen MR) is 139 cm³/mol. The first-order valence-corrected chi connectivity index (χ1v) is 13.7. The molecular weight excluding hydrogens is 528 g/mol. The summed E-state index contributed by atoms with van der Waals surface area (Å²) in [6, 6.07) is 16.6. The number of fused-ring (bicyclic) bond motifs is 2. The van der Waals surface area contributed by atoms with Gasteiger partial charge in [0, 0.05) is 11.1 Å². The molecule has 1 fully saturated rings. The molecule has 0 N–H and O–H groups in total. The van der Waals surface area contributed by atoms with Gasteiger partial charge >= 0.3 is 0 Å². The van der Waals surface area contributed by atoms with E-state index in [1.165, 1.54) is 54.4 Å². The number of Topliss-reactive ketones (excluding diaryl/α,β-unsaturated/α-hetero) is 2. The molecule has 0 amide bonds. The molecule has 0 saturated heterocycles. The minimum Gasteiger partial charge on any atom is -0.293 e. The van der Waals surface area contributed by atoms with E-state index in [0.29, 0.717) is 16.1 Å². The van der Waals surface area contributed by atoms with Crippen molar-refractivity contribution < 1.29 is 9.59 Å². The third-order valence-electron chi connectivity index (χ3n) is 7.47. The highest BCUT2D eigenvalue weighted by molar-refractivity contribution is 9.09. The molecule has 32 heavy (non-hydrogen) atoms. The third kappa shape index (κ3) is 3.90. The molecule has 3 aromatic carbocycles. The highest BCUT2D eigenvalue weighted by Gasteiger charge is 2.40. The molecule has 0 atom stereocenters. The number of rotatable bonds is 5. The predicted octanol–water partition coefficient (Wildman–Crippen LogP) is 7.71. The Hall–Kier alpha value is -1.78. The first kappa shape index (κ1) is 22.0. The van der Waals surface area contributed by atoms with Crippen LogP contribution in [0.2, 0.25) is 0 Å². The summed E-state index contributed by atoms with van der Waals surface area (Å²) in [6.07, 6.45) is 8.60. The fourth-order valence-corrected chi connectivity index (χ4v) is 6.46. The van der Waals surface area contributed by atoms with E-state index < -0.39 is 0 Å². The van der Waals surface area contributed by atoms with Crippen LogP contribution >= 0.6 is 31.9 Å². The molecule has 2 nitrogen and oxygen atoms in total. The van der Waals surface area contributed by atoms with Crippen molar-refractivity contribution >= 4 is 54.2 Å². The maximum Gasteiger partial charge on any atom is 0.173 e. The van der Waals surface area contributed by atoms with Crippen molar-refractivity contribution in [3.8, 4) is 11.1 Å². The monoisotopic (exact) mass is 552 g/mol. The summed E-state index contributed by atoms with van der Waals surface area (Å²) in [6.45, 7) is 0. The molecule has 4 heteroatoms. The maximum atomic E-state index is 12.7. The number of carbonyl (C=O) groups excluding carboxylic acids is 2. The van der Waals surface area contributed by atoms with Crippen molar-refractivity contribution in [3.63, 3.8) is 0 Å². The van der Waals surface area contributed by atoms with E-state index in [2.05, 4.69) is 56.1 Å². The van der Waals surface area contributed by atoms with Crippen LogP contribution in [0.3, 0.4) is 0 Å². The standard InChI is InChI=1S/C28H26Br2O2/c29-16-26(31)21-7-5-18-12-20(6-4-19(18)13-21)22-8-9-23(27(32)17-30)25-15-28(14-24(22)25)10-2-1-3-11-28/h4-9,12-13H,1-3,10-11,14-17H2. The fourth-order valence-electron chi connectivity index (χ4n) is 5.83. The van der Waals surface area contributed by atoms with Crippen LogP contribution in [0.25, 0.3) is 21.9 Å². The molecule has 0 unspecified atom stereocenters. The van der Waals surface area contributed by atoms with Crippen LogP contribution in [0.15, 0.2) is 48.5 Å². The molecule has 0 aliphatic heterocycles. The van der Waals surface area contributed by atoms with Crippen LogP contribution in [0.4, 0.5) is 0 Å². The highest BCUT2D eigenvalue weighted by atomic mass is 79.9. The zero-order chi connectivity index (χ0) is 22.3. The number of carbonyl (C=O) groups is 2. The van der Waals surface area contributed by atoms with Gasteiger partial charge in [-0.15, -0.1) is 0 Å². The Kier molecular flexibility index (Phi) is 6.11. The Morgan fingerprint density at radius 2 is 1.44 bits per heavy atom. The first-order chi connectivity index (χ1) is 15.5. The SMILES string of the molecule is O=C(CBr)c1ccc2cc(-c3ccc(C(=O)CBr)c4c3CC3(CCCCC3)C4)ccc2c1. The van der Waals surface area contributed by atoms with E-state index >= 15 is 0 Å². The van der Waals surface area contributed by atoms with Crippen LogP contribution in [-0.2, 0) is 12.8 Å². The normalized spacial score (nSPS) is 16.9. The second-order valence-electron chi connectivity index (χ2n) is 9.42. The largest absolute Gasteiger partial charge is 0.293 e. The van der Waals surface area contributed by atoms with Gasteiger partial charge in [0.1, 0.15) is 0 Å².